The standard InChI is InChI=1S/C21H17Cl2N3O3/c1-2-29-21(28)16-13-24-26(14-7-4-3-5-8-14)20(16)25-19(27)12-11-15-17(22)9-6-10-18(15)23/h3-13H,2H2,1H3,(H,25,27)/b12-11+. The molecule has 1 heterocycles. The molecule has 0 unspecified atom stereocenters. The van der Waals surface area contributed by atoms with Gasteiger partial charge in [-0.2, -0.15) is 5.10 Å². The Kier molecular flexibility index (Phi) is 6.69. The fraction of sp³-hybridized carbons (Fsp3) is 0.0952. The number of amides is 1. The van der Waals surface area contributed by atoms with E-state index in [0.717, 1.165) is 0 Å². The molecule has 0 saturated carbocycles. The van der Waals surface area contributed by atoms with E-state index >= 15 is 0 Å². The van der Waals surface area contributed by atoms with E-state index < -0.39 is 11.9 Å². The van der Waals surface area contributed by atoms with Crippen molar-refractivity contribution in [2.45, 2.75) is 6.92 Å². The molecule has 0 spiro atoms. The maximum Gasteiger partial charge on any atom is 0.343 e. The van der Waals surface area contributed by atoms with Crippen LogP contribution in [0.25, 0.3) is 11.8 Å². The predicted molar refractivity (Wildman–Crippen MR) is 114 cm³/mol. The predicted octanol–water partition coefficient (Wildman–Crippen LogP) is 5.01. The summed E-state index contributed by atoms with van der Waals surface area (Å²) in [6.45, 7) is 1.90. The highest BCUT2D eigenvalue weighted by Gasteiger charge is 2.21. The molecule has 0 saturated heterocycles. The Bertz CT molecular complexity index is 1040. The molecule has 0 aliphatic heterocycles. The summed E-state index contributed by atoms with van der Waals surface area (Å²) in [5, 5.41) is 7.76. The molecule has 0 aliphatic rings. The Morgan fingerprint density at radius 3 is 2.45 bits per heavy atom. The van der Waals surface area contributed by atoms with Gasteiger partial charge in [-0.15, -0.1) is 0 Å². The molecule has 8 heteroatoms. The minimum Gasteiger partial charge on any atom is -0.462 e. The van der Waals surface area contributed by atoms with Gasteiger partial charge in [0.05, 0.1) is 18.5 Å². The number of anilines is 1. The van der Waals surface area contributed by atoms with Crippen LogP contribution in [0.15, 0.2) is 60.8 Å². The molecule has 3 aromatic rings. The number of carbonyl (C=O) groups is 2. The number of nitrogens with zero attached hydrogens (tertiary/aromatic N) is 2. The van der Waals surface area contributed by atoms with Gasteiger partial charge in [-0.1, -0.05) is 47.5 Å². The van der Waals surface area contributed by atoms with Crippen LogP contribution >= 0.6 is 23.2 Å². The summed E-state index contributed by atoms with van der Waals surface area (Å²) in [6.07, 6.45) is 4.15. The van der Waals surface area contributed by atoms with Crippen molar-refractivity contribution in [1.29, 1.82) is 0 Å². The summed E-state index contributed by atoms with van der Waals surface area (Å²) in [5.74, 6) is -0.859. The minimum atomic E-state index is -0.580. The van der Waals surface area contributed by atoms with E-state index in [0.29, 0.717) is 21.3 Å². The molecule has 0 radical (unpaired) electrons. The molecule has 0 aliphatic carbocycles. The molecule has 29 heavy (non-hydrogen) atoms. The molecule has 6 nitrogen and oxygen atoms in total. The number of rotatable bonds is 6. The van der Waals surface area contributed by atoms with Crippen LogP contribution in [-0.4, -0.2) is 28.3 Å². The molecule has 0 bridgehead atoms. The van der Waals surface area contributed by atoms with E-state index in [4.69, 9.17) is 27.9 Å². The minimum absolute atomic E-state index is 0.147. The largest absolute Gasteiger partial charge is 0.462 e. The molecule has 1 aromatic heterocycles. The van der Waals surface area contributed by atoms with Crippen molar-refractivity contribution >= 4 is 47.0 Å². The van der Waals surface area contributed by atoms with Gasteiger partial charge in [-0.25, -0.2) is 9.48 Å². The van der Waals surface area contributed by atoms with Crippen molar-refractivity contribution in [3.8, 4) is 5.69 Å². The zero-order chi connectivity index (χ0) is 20.8. The van der Waals surface area contributed by atoms with Crippen molar-refractivity contribution < 1.29 is 14.3 Å². The number of hydrogen-bond donors (Lipinski definition) is 1. The SMILES string of the molecule is CCOC(=O)c1cnn(-c2ccccc2)c1NC(=O)/C=C/c1c(Cl)cccc1Cl. The van der Waals surface area contributed by atoms with Crippen LogP contribution in [0.4, 0.5) is 5.82 Å². The Labute approximate surface area is 177 Å². The molecule has 1 N–H and O–H groups in total. The van der Waals surface area contributed by atoms with Gasteiger partial charge < -0.3 is 10.1 Å². The van der Waals surface area contributed by atoms with E-state index in [1.807, 2.05) is 18.2 Å². The van der Waals surface area contributed by atoms with Gasteiger partial charge >= 0.3 is 5.97 Å². The van der Waals surface area contributed by atoms with Crippen LogP contribution < -0.4 is 5.32 Å². The van der Waals surface area contributed by atoms with E-state index in [-0.39, 0.29) is 18.0 Å². The van der Waals surface area contributed by atoms with Gasteiger partial charge in [0.1, 0.15) is 5.56 Å². The Morgan fingerprint density at radius 1 is 1.10 bits per heavy atom. The number of nitrogens with one attached hydrogen (secondary N) is 1. The van der Waals surface area contributed by atoms with E-state index in [1.165, 1.54) is 23.0 Å². The van der Waals surface area contributed by atoms with Gasteiger partial charge in [0.2, 0.25) is 5.91 Å². The zero-order valence-corrected chi connectivity index (χ0v) is 16.9. The molecular weight excluding hydrogens is 413 g/mol. The smallest absolute Gasteiger partial charge is 0.343 e. The second-order valence-electron chi connectivity index (χ2n) is 5.83. The Hall–Kier alpha value is -3.09. The molecule has 0 atom stereocenters. The number of carbonyl (C=O) groups excluding carboxylic acids is 2. The van der Waals surface area contributed by atoms with Gasteiger partial charge in [0, 0.05) is 21.7 Å². The average Bonchev–Trinajstić information content (AvgIpc) is 3.12. The highest BCUT2D eigenvalue weighted by Crippen LogP contribution is 2.26. The second-order valence-corrected chi connectivity index (χ2v) is 6.65. The van der Waals surface area contributed by atoms with Crippen LogP contribution in [0.5, 0.6) is 0 Å². The van der Waals surface area contributed by atoms with Crippen molar-refractivity contribution in [3.05, 3.63) is 82.0 Å². The lowest BCUT2D eigenvalue weighted by Gasteiger charge is -2.10. The number of aromatic nitrogens is 2. The Morgan fingerprint density at radius 2 is 1.79 bits per heavy atom. The van der Waals surface area contributed by atoms with E-state index in [2.05, 4.69) is 10.4 Å². The third kappa shape index (κ3) is 4.85. The lowest BCUT2D eigenvalue weighted by atomic mass is 10.2. The van der Waals surface area contributed by atoms with E-state index in [1.54, 1.807) is 37.3 Å². The second kappa shape index (κ2) is 9.41. The number of para-hydroxylation sites is 1. The maximum absolute atomic E-state index is 12.5. The van der Waals surface area contributed by atoms with Gasteiger partial charge in [-0.3, -0.25) is 4.79 Å². The average molecular weight is 430 g/mol. The summed E-state index contributed by atoms with van der Waals surface area (Å²) in [5.41, 5.74) is 1.35. The molecule has 1 amide bonds. The maximum atomic E-state index is 12.5. The van der Waals surface area contributed by atoms with Crippen molar-refractivity contribution in [3.63, 3.8) is 0 Å². The molecule has 148 valence electrons. The molecule has 3 rings (SSSR count). The summed E-state index contributed by atoms with van der Waals surface area (Å²) in [4.78, 5) is 24.8. The van der Waals surface area contributed by atoms with Crippen LogP contribution in [-0.2, 0) is 9.53 Å². The monoisotopic (exact) mass is 429 g/mol. The van der Waals surface area contributed by atoms with Gasteiger partial charge in [0.15, 0.2) is 5.82 Å². The number of hydrogen-bond acceptors (Lipinski definition) is 4. The zero-order valence-electron chi connectivity index (χ0n) is 15.4. The highest BCUT2D eigenvalue weighted by molar-refractivity contribution is 6.37. The number of ether oxygens (including phenoxy) is 1. The number of halogens is 2. The van der Waals surface area contributed by atoms with Gasteiger partial charge in [0.25, 0.3) is 0 Å². The first kappa shape index (κ1) is 20.6. The van der Waals surface area contributed by atoms with Gasteiger partial charge in [-0.05, 0) is 37.3 Å². The van der Waals surface area contributed by atoms with Crippen molar-refractivity contribution in [1.82, 2.24) is 9.78 Å². The molecule has 2 aromatic carbocycles. The summed E-state index contributed by atoms with van der Waals surface area (Å²) < 4.78 is 6.52. The third-order valence-corrected chi connectivity index (χ3v) is 4.57. The lowest BCUT2D eigenvalue weighted by molar-refractivity contribution is -0.111. The van der Waals surface area contributed by atoms with Crippen molar-refractivity contribution in [2.75, 3.05) is 11.9 Å². The van der Waals surface area contributed by atoms with Crippen LogP contribution in [0.2, 0.25) is 10.0 Å². The van der Waals surface area contributed by atoms with Crippen molar-refractivity contribution in [2.24, 2.45) is 0 Å². The molecular formula is C21H17Cl2N3O3. The number of benzene rings is 2. The third-order valence-electron chi connectivity index (χ3n) is 3.91. The Balaban J connectivity index is 1.92. The summed E-state index contributed by atoms with van der Waals surface area (Å²) >= 11 is 12.2. The van der Waals surface area contributed by atoms with Crippen LogP contribution in [0.1, 0.15) is 22.8 Å². The first-order valence-electron chi connectivity index (χ1n) is 8.75. The lowest BCUT2D eigenvalue weighted by Crippen LogP contribution is -2.16. The first-order valence-corrected chi connectivity index (χ1v) is 9.50. The highest BCUT2D eigenvalue weighted by atomic mass is 35.5. The summed E-state index contributed by atoms with van der Waals surface area (Å²) in [6, 6.07) is 14.2. The number of esters is 1. The van der Waals surface area contributed by atoms with Crippen LogP contribution in [0.3, 0.4) is 0 Å². The topological polar surface area (TPSA) is 73.2 Å². The fourth-order valence-corrected chi connectivity index (χ4v) is 3.10. The molecule has 0 fully saturated rings. The first-order chi connectivity index (χ1) is 14.0. The van der Waals surface area contributed by atoms with E-state index in [9.17, 15) is 9.59 Å². The summed E-state index contributed by atoms with van der Waals surface area (Å²) in [7, 11) is 0. The quantitative estimate of drug-likeness (QED) is 0.441. The van der Waals surface area contributed by atoms with Crippen LogP contribution in [0, 0.1) is 0 Å². The normalized spacial score (nSPS) is 10.9. The fourth-order valence-electron chi connectivity index (χ4n) is 2.58.